The number of rotatable bonds is 11. The van der Waals surface area contributed by atoms with E-state index in [2.05, 4.69) is 5.16 Å². The van der Waals surface area contributed by atoms with E-state index in [0.717, 1.165) is 63.7 Å². The van der Waals surface area contributed by atoms with Gasteiger partial charge in [-0.05, 0) is 56.5 Å². The van der Waals surface area contributed by atoms with Crippen molar-refractivity contribution in [3.63, 3.8) is 0 Å². The molecule has 1 N–H and O–H groups in total. The van der Waals surface area contributed by atoms with Crippen LogP contribution >= 0.6 is 0 Å². The van der Waals surface area contributed by atoms with Crippen molar-refractivity contribution in [3.05, 3.63) is 78.5 Å². The number of ether oxygens (including phenoxy) is 2. The van der Waals surface area contributed by atoms with Crippen molar-refractivity contribution in [2.24, 2.45) is 0 Å². The van der Waals surface area contributed by atoms with Crippen LogP contribution in [0.4, 0.5) is 0 Å². The maximum atomic E-state index is 11.5. The molecule has 184 valence electrons. The lowest BCUT2D eigenvalue weighted by molar-refractivity contribution is -0.137. The van der Waals surface area contributed by atoms with Gasteiger partial charge in [0.15, 0.2) is 5.76 Å². The molecule has 0 amide bonds. The summed E-state index contributed by atoms with van der Waals surface area (Å²) in [5, 5.41) is 15.3. The smallest absolute Gasteiger partial charge is 0.323 e. The van der Waals surface area contributed by atoms with E-state index in [0.29, 0.717) is 19.0 Å². The van der Waals surface area contributed by atoms with Crippen LogP contribution < -0.4 is 9.47 Å². The molecule has 0 radical (unpaired) electrons. The molecule has 0 aliphatic rings. The van der Waals surface area contributed by atoms with Crippen LogP contribution in [0.2, 0.25) is 0 Å². The number of carboxylic acid groups (broad SMARTS) is 1. The largest absolute Gasteiger partial charge is 0.494 e. The van der Waals surface area contributed by atoms with Gasteiger partial charge in [-0.25, -0.2) is 0 Å². The SMILES string of the molecule is Cc1ccc(OCCCCCOc2ccc3c4ccccc4n(CC(=O)O)c3c2)c(-c2ccno2)c1. The predicted molar refractivity (Wildman–Crippen MR) is 139 cm³/mol. The minimum Gasteiger partial charge on any atom is -0.494 e. The first-order valence-corrected chi connectivity index (χ1v) is 12.1. The average molecular weight is 485 g/mol. The lowest BCUT2D eigenvalue weighted by Crippen LogP contribution is -2.08. The Kier molecular flexibility index (Phi) is 6.89. The number of aliphatic carboxylic acids is 1. The van der Waals surface area contributed by atoms with E-state index in [1.54, 1.807) is 6.20 Å². The fourth-order valence-corrected chi connectivity index (χ4v) is 4.49. The minimum absolute atomic E-state index is 0.0907. The Morgan fingerprint density at radius 1 is 0.917 bits per heavy atom. The Morgan fingerprint density at radius 2 is 1.72 bits per heavy atom. The first-order chi connectivity index (χ1) is 17.6. The highest BCUT2D eigenvalue weighted by Gasteiger charge is 2.13. The van der Waals surface area contributed by atoms with E-state index in [9.17, 15) is 9.90 Å². The van der Waals surface area contributed by atoms with E-state index in [1.165, 1.54) is 0 Å². The van der Waals surface area contributed by atoms with Crippen molar-refractivity contribution < 1.29 is 23.9 Å². The average Bonchev–Trinajstić information content (AvgIpc) is 3.51. The van der Waals surface area contributed by atoms with E-state index in [1.807, 2.05) is 78.2 Å². The second-order valence-electron chi connectivity index (χ2n) is 8.81. The Balaban J connectivity index is 1.15. The number of nitrogens with zero attached hydrogens (tertiary/aromatic N) is 2. The Morgan fingerprint density at radius 3 is 2.53 bits per heavy atom. The molecule has 2 heterocycles. The first-order valence-electron chi connectivity index (χ1n) is 12.1. The van der Waals surface area contributed by atoms with Crippen LogP contribution in [0.5, 0.6) is 11.5 Å². The Hall–Kier alpha value is -4.26. The molecule has 2 aromatic heterocycles. The number of unbranched alkanes of at least 4 members (excludes halogenated alkanes) is 2. The maximum Gasteiger partial charge on any atom is 0.323 e. The Labute approximate surface area is 208 Å². The predicted octanol–water partition coefficient (Wildman–Crippen LogP) is 6.47. The van der Waals surface area contributed by atoms with Crippen LogP contribution in [0, 0.1) is 6.92 Å². The van der Waals surface area contributed by atoms with Crippen molar-refractivity contribution in [2.75, 3.05) is 13.2 Å². The molecule has 0 aliphatic heterocycles. The summed E-state index contributed by atoms with van der Waals surface area (Å²) in [7, 11) is 0. The molecule has 3 aromatic carbocycles. The highest BCUT2D eigenvalue weighted by molar-refractivity contribution is 6.08. The molecule has 7 heteroatoms. The van der Waals surface area contributed by atoms with Crippen LogP contribution in [0.15, 0.2) is 77.4 Å². The van der Waals surface area contributed by atoms with Gasteiger partial charge in [0.05, 0.1) is 30.5 Å². The lowest BCUT2D eigenvalue weighted by atomic mass is 10.1. The molecule has 0 unspecified atom stereocenters. The van der Waals surface area contributed by atoms with Crippen LogP contribution in [0.1, 0.15) is 24.8 Å². The van der Waals surface area contributed by atoms with Crippen molar-refractivity contribution in [3.8, 4) is 22.8 Å². The fourth-order valence-electron chi connectivity index (χ4n) is 4.49. The first kappa shape index (κ1) is 23.5. The second kappa shape index (κ2) is 10.6. The zero-order chi connectivity index (χ0) is 24.9. The summed E-state index contributed by atoms with van der Waals surface area (Å²) in [6.07, 6.45) is 4.39. The molecule has 0 saturated heterocycles. The summed E-state index contributed by atoms with van der Waals surface area (Å²) in [6, 6.07) is 21.6. The van der Waals surface area contributed by atoms with Crippen molar-refractivity contribution in [1.82, 2.24) is 9.72 Å². The summed E-state index contributed by atoms with van der Waals surface area (Å²) in [4.78, 5) is 11.5. The van der Waals surface area contributed by atoms with Gasteiger partial charge in [0, 0.05) is 28.4 Å². The minimum atomic E-state index is -0.871. The monoisotopic (exact) mass is 484 g/mol. The summed E-state index contributed by atoms with van der Waals surface area (Å²) < 4.78 is 19.2. The number of para-hydroxylation sites is 1. The molecule has 0 bridgehead atoms. The van der Waals surface area contributed by atoms with E-state index >= 15 is 0 Å². The van der Waals surface area contributed by atoms with Gasteiger partial charge in [0.2, 0.25) is 0 Å². The highest BCUT2D eigenvalue weighted by atomic mass is 16.5. The molecule has 0 saturated carbocycles. The van der Waals surface area contributed by atoms with Crippen molar-refractivity contribution >= 4 is 27.8 Å². The number of aryl methyl sites for hydroxylation is 1. The number of hydrogen-bond acceptors (Lipinski definition) is 5. The van der Waals surface area contributed by atoms with Crippen molar-refractivity contribution in [1.29, 1.82) is 0 Å². The standard InChI is InChI=1S/C29H28N2O5/c1-20-9-12-27(24(17-20)28-13-14-30-36-28)35-16-6-2-5-15-34-21-10-11-23-22-7-3-4-8-25(22)31(19-29(32)33)26(23)18-21/h3-4,7-14,17-18H,2,5-6,15-16,19H2,1H3,(H,32,33). The number of benzene rings is 3. The van der Waals surface area contributed by atoms with Gasteiger partial charge in [-0.15, -0.1) is 0 Å². The molecule has 0 aliphatic carbocycles. The summed E-state index contributed by atoms with van der Waals surface area (Å²) in [5.41, 5.74) is 3.82. The summed E-state index contributed by atoms with van der Waals surface area (Å²) in [6.45, 7) is 3.13. The molecule has 5 aromatic rings. The quantitative estimate of drug-likeness (QED) is 0.216. The number of carboxylic acids is 1. The third kappa shape index (κ3) is 5.05. The Bertz CT molecular complexity index is 1490. The summed E-state index contributed by atoms with van der Waals surface area (Å²) >= 11 is 0. The van der Waals surface area contributed by atoms with Crippen LogP contribution in [0.25, 0.3) is 33.1 Å². The fraction of sp³-hybridized carbons (Fsp3) is 0.241. The molecule has 7 nitrogen and oxygen atoms in total. The van der Waals surface area contributed by atoms with Gasteiger partial charge >= 0.3 is 5.97 Å². The van der Waals surface area contributed by atoms with Crippen molar-refractivity contribution in [2.45, 2.75) is 32.7 Å². The van der Waals surface area contributed by atoms with Gasteiger partial charge < -0.3 is 23.7 Å². The van der Waals surface area contributed by atoms with Crippen LogP contribution in [-0.4, -0.2) is 34.0 Å². The van der Waals surface area contributed by atoms with Gasteiger partial charge in [0.1, 0.15) is 18.0 Å². The normalized spacial score (nSPS) is 11.2. The molecular formula is C29H28N2O5. The van der Waals surface area contributed by atoms with Gasteiger partial charge in [0.25, 0.3) is 0 Å². The number of carbonyl (C=O) groups is 1. The van der Waals surface area contributed by atoms with E-state index in [-0.39, 0.29) is 6.54 Å². The van der Waals surface area contributed by atoms with Gasteiger partial charge in [-0.2, -0.15) is 0 Å². The van der Waals surface area contributed by atoms with Crippen LogP contribution in [0.3, 0.4) is 0 Å². The second-order valence-corrected chi connectivity index (χ2v) is 8.81. The number of hydrogen-bond donors (Lipinski definition) is 1. The topological polar surface area (TPSA) is 86.7 Å². The number of fused-ring (bicyclic) bond motifs is 3. The maximum absolute atomic E-state index is 11.5. The number of aromatic nitrogens is 2. The molecule has 5 rings (SSSR count). The zero-order valence-electron chi connectivity index (χ0n) is 20.1. The van der Waals surface area contributed by atoms with E-state index in [4.69, 9.17) is 14.0 Å². The zero-order valence-corrected chi connectivity index (χ0v) is 20.1. The third-order valence-corrected chi connectivity index (χ3v) is 6.19. The van der Waals surface area contributed by atoms with Crippen LogP contribution in [-0.2, 0) is 11.3 Å². The van der Waals surface area contributed by atoms with E-state index < -0.39 is 5.97 Å². The molecule has 36 heavy (non-hydrogen) atoms. The van der Waals surface area contributed by atoms with Gasteiger partial charge in [-0.3, -0.25) is 4.79 Å². The third-order valence-electron chi connectivity index (χ3n) is 6.19. The lowest BCUT2D eigenvalue weighted by Gasteiger charge is -2.11. The summed E-state index contributed by atoms with van der Waals surface area (Å²) in [5.74, 6) is 1.36. The molecule has 0 fully saturated rings. The van der Waals surface area contributed by atoms with Gasteiger partial charge in [-0.1, -0.05) is 35.0 Å². The molecular weight excluding hydrogens is 456 g/mol. The molecule has 0 atom stereocenters. The highest BCUT2D eigenvalue weighted by Crippen LogP contribution is 2.32. The molecule has 0 spiro atoms.